The Balaban J connectivity index is 3.15. The monoisotopic (exact) mass is 128 g/mol. The molecule has 1 aromatic rings. The lowest BCUT2D eigenvalue weighted by atomic mass is 10.4. The predicted octanol–water partition coefficient (Wildman–Crippen LogP) is 1.15. The molecule has 0 spiro atoms. The second-order valence-corrected chi connectivity index (χ2v) is 1.55. The molecule has 9 heavy (non-hydrogen) atoms. The maximum atomic E-state index is 7.15. The number of anilines is 1. The van der Waals surface area contributed by atoms with E-state index < -0.39 is 14.0 Å². The van der Waals surface area contributed by atoms with Gasteiger partial charge in [0.2, 0.25) is 0 Å². The third kappa shape index (κ3) is 1.42. The van der Waals surface area contributed by atoms with Crippen LogP contribution < -0.4 is 4.90 Å². The maximum Gasteiger partial charge on any atom is 0.0547 e. The summed E-state index contributed by atoms with van der Waals surface area (Å²) in [7, 11) is 0. The number of hydrogen-bond acceptors (Lipinski definition) is 2. The zero-order chi connectivity index (χ0) is 11.7. The Morgan fingerprint density at radius 1 is 1.67 bits per heavy atom. The van der Waals surface area contributed by atoms with Crippen LogP contribution in [-0.2, 0) is 0 Å². The highest BCUT2D eigenvalue weighted by molar-refractivity contribution is 5.41. The quantitative estimate of drug-likeness (QED) is 0.564. The van der Waals surface area contributed by atoms with Crippen LogP contribution in [0.4, 0.5) is 5.69 Å². The van der Waals surface area contributed by atoms with Crippen LogP contribution in [0.3, 0.4) is 0 Å². The van der Waals surface area contributed by atoms with E-state index in [4.69, 9.17) is 8.22 Å². The molecule has 0 radical (unpaired) electrons. The van der Waals surface area contributed by atoms with Crippen molar-refractivity contribution >= 4 is 5.69 Å². The third-order valence-corrected chi connectivity index (χ3v) is 0.904. The van der Waals surface area contributed by atoms with Gasteiger partial charge in [0.25, 0.3) is 0 Å². The molecule has 0 saturated heterocycles. The lowest BCUT2D eigenvalue weighted by Crippen LogP contribution is -2.08. The van der Waals surface area contributed by atoms with Gasteiger partial charge in [0, 0.05) is 28.4 Å². The molecule has 0 aliphatic carbocycles. The van der Waals surface area contributed by atoms with Crippen molar-refractivity contribution in [1.29, 1.82) is 0 Å². The Morgan fingerprint density at radius 3 is 3.11 bits per heavy atom. The van der Waals surface area contributed by atoms with Crippen LogP contribution in [-0.4, -0.2) is 18.9 Å². The van der Waals surface area contributed by atoms with Gasteiger partial charge in [0.1, 0.15) is 0 Å². The topological polar surface area (TPSA) is 16.1 Å². The van der Waals surface area contributed by atoms with E-state index in [2.05, 4.69) is 4.98 Å². The van der Waals surface area contributed by atoms with Crippen LogP contribution in [0.25, 0.3) is 0 Å². The van der Waals surface area contributed by atoms with Crippen LogP contribution in [0.15, 0.2) is 24.5 Å². The average molecular weight is 128 g/mol. The Morgan fingerprint density at radius 2 is 2.56 bits per heavy atom. The summed E-state index contributed by atoms with van der Waals surface area (Å²) in [5, 5.41) is 0. The number of rotatable bonds is 1. The van der Waals surface area contributed by atoms with Gasteiger partial charge in [-0.2, -0.15) is 0 Å². The van der Waals surface area contributed by atoms with Gasteiger partial charge in [-0.15, -0.1) is 0 Å². The summed E-state index contributed by atoms with van der Waals surface area (Å²) >= 11 is 0. The molecule has 1 heterocycles. The van der Waals surface area contributed by atoms with Crippen molar-refractivity contribution in [3.63, 3.8) is 0 Å². The predicted molar refractivity (Wildman–Crippen MR) is 38.6 cm³/mol. The molecule has 0 N–H and O–H groups in total. The van der Waals surface area contributed by atoms with Crippen molar-refractivity contribution in [2.45, 2.75) is 0 Å². The summed E-state index contributed by atoms with van der Waals surface area (Å²) in [5.74, 6) is 0. The van der Waals surface area contributed by atoms with E-state index in [1.807, 2.05) is 0 Å². The molecule has 1 rings (SSSR count). The van der Waals surface area contributed by atoms with Crippen molar-refractivity contribution in [2.24, 2.45) is 0 Å². The Hall–Kier alpha value is -1.05. The number of nitrogens with zero attached hydrogens (tertiary/aromatic N) is 2. The van der Waals surface area contributed by atoms with Gasteiger partial charge in [-0.25, -0.2) is 0 Å². The molecular weight excluding hydrogens is 112 g/mol. The van der Waals surface area contributed by atoms with E-state index in [-0.39, 0.29) is 5.69 Å². The first-order chi connectivity index (χ1) is 6.73. The minimum atomic E-state index is -2.71. The van der Waals surface area contributed by atoms with E-state index in [9.17, 15) is 0 Å². The number of hydrogen-bond donors (Lipinski definition) is 0. The highest BCUT2D eigenvalue weighted by atomic mass is 15.1. The summed E-state index contributed by atoms with van der Waals surface area (Å²) in [6, 6.07) is 2.88. The molecule has 0 unspecified atom stereocenters. The fourth-order valence-corrected chi connectivity index (χ4v) is 0.486. The zero-order valence-electron chi connectivity index (χ0n) is 10.7. The normalized spacial score (nSPS) is 21.8. The van der Waals surface area contributed by atoms with Gasteiger partial charge in [0.15, 0.2) is 0 Å². The van der Waals surface area contributed by atoms with Gasteiger partial charge in [-0.3, -0.25) is 4.98 Å². The van der Waals surface area contributed by atoms with Crippen molar-refractivity contribution in [3.8, 4) is 0 Å². The maximum absolute atomic E-state index is 7.15. The second-order valence-electron chi connectivity index (χ2n) is 1.55. The molecule has 0 atom stereocenters. The van der Waals surface area contributed by atoms with Crippen LogP contribution in [0, 0.1) is 0 Å². The van der Waals surface area contributed by atoms with Crippen molar-refractivity contribution in [1.82, 2.24) is 4.98 Å². The lowest BCUT2D eigenvalue weighted by Gasteiger charge is -2.09. The summed E-state index contributed by atoms with van der Waals surface area (Å²) in [6.45, 7) is -5.43. The largest absolute Gasteiger partial charge is 0.376 e. The molecule has 0 amide bonds. The van der Waals surface area contributed by atoms with Gasteiger partial charge in [-0.05, 0) is 12.1 Å². The van der Waals surface area contributed by atoms with Gasteiger partial charge >= 0.3 is 0 Å². The molecule has 2 nitrogen and oxygen atoms in total. The lowest BCUT2D eigenvalue weighted by molar-refractivity contribution is 1.11. The summed E-state index contributed by atoms with van der Waals surface area (Å²) in [4.78, 5) is 4.09. The van der Waals surface area contributed by atoms with Crippen LogP contribution in [0.5, 0.6) is 0 Å². The number of aromatic nitrogens is 1. The van der Waals surface area contributed by atoms with Crippen LogP contribution in [0.1, 0.15) is 8.22 Å². The smallest absolute Gasteiger partial charge is 0.0547 e. The second kappa shape index (κ2) is 2.49. The SMILES string of the molecule is [2H]C([2H])([2H])N(c1cccnc1)C([2H])([2H])[2H]. The molecule has 0 aliphatic rings. The van der Waals surface area contributed by atoms with Gasteiger partial charge in [0.05, 0.1) is 11.9 Å². The van der Waals surface area contributed by atoms with Crippen LogP contribution in [0.2, 0.25) is 0 Å². The number of pyridine rings is 1. The van der Waals surface area contributed by atoms with Gasteiger partial charge in [-0.1, -0.05) is 0 Å². The first-order valence-corrected chi connectivity index (χ1v) is 2.43. The standard InChI is InChI=1S/C7H10N2/c1-9(2)7-4-3-5-8-6-7/h3-6H,1-2H3/i1D3,2D3. The van der Waals surface area contributed by atoms with Gasteiger partial charge < -0.3 is 4.90 Å². The van der Waals surface area contributed by atoms with E-state index in [0.717, 1.165) is 0 Å². The fourth-order valence-electron chi connectivity index (χ4n) is 0.486. The van der Waals surface area contributed by atoms with E-state index in [0.29, 0.717) is 4.90 Å². The third-order valence-electron chi connectivity index (χ3n) is 0.904. The summed E-state index contributed by atoms with van der Waals surface area (Å²) < 4.78 is 42.9. The van der Waals surface area contributed by atoms with E-state index in [1.54, 1.807) is 0 Å². The Labute approximate surface area is 63.6 Å². The van der Waals surface area contributed by atoms with Crippen molar-refractivity contribution in [2.75, 3.05) is 18.9 Å². The van der Waals surface area contributed by atoms with Crippen molar-refractivity contribution in [3.05, 3.63) is 24.5 Å². The summed E-state index contributed by atoms with van der Waals surface area (Å²) in [6.07, 6.45) is 2.65. The molecular formula is C7H10N2. The van der Waals surface area contributed by atoms with E-state index >= 15 is 0 Å². The molecule has 48 valence electrons. The fraction of sp³-hybridized carbons (Fsp3) is 0.286. The van der Waals surface area contributed by atoms with Crippen molar-refractivity contribution < 1.29 is 8.22 Å². The molecule has 1 aromatic heterocycles. The highest BCUT2D eigenvalue weighted by Gasteiger charge is 1.88. The minimum absolute atomic E-state index is 0.0532. The average Bonchev–Trinajstić information content (AvgIpc) is 2.00. The Kier molecular flexibility index (Phi) is 0.545. The van der Waals surface area contributed by atoms with Crippen LogP contribution >= 0.6 is 0 Å². The minimum Gasteiger partial charge on any atom is -0.376 e. The Bertz CT molecular complexity index is 302. The molecule has 0 saturated carbocycles. The molecule has 2 heteroatoms. The first kappa shape index (κ1) is 1.97. The highest BCUT2D eigenvalue weighted by Crippen LogP contribution is 2.04. The molecule has 0 bridgehead atoms. The molecule has 0 fully saturated rings. The molecule has 0 aromatic carbocycles. The summed E-state index contributed by atoms with van der Waals surface area (Å²) in [5.41, 5.74) is 0.0532. The zero-order valence-corrected chi connectivity index (χ0v) is 4.70. The first-order valence-electron chi connectivity index (χ1n) is 5.43. The molecule has 0 aliphatic heterocycles. The van der Waals surface area contributed by atoms with E-state index in [1.165, 1.54) is 24.5 Å².